The Hall–Kier alpha value is -3.06. The molecule has 1 aliphatic carbocycles. The number of carbonyl (C=O) groups excluding carboxylic acids is 1. The van der Waals surface area contributed by atoms with Crippen LogP contribution in [-0.4, -0.2) is 34.2 Å². The molecule has 28 heavy (non-hydrogen) atoms. The Morgan fingerprint density at radius 1 is 1.11 bits per heavy atom. The van der Waals surface area contributed by atoms with Crippen LogP contribution in [-0.2, 0) is 5.41 Å². The van der Waals surface area contributed by atoms with Gasteiger partial charge in [-0.25, -0.2) is 4.98 Å². The van der Waals surface area contributed by atoms with Crippen LogP contribution in [0.1, 0.15) is 34.5 Å². The predicted octanol–water partition coefficient (Wildman–Crippen LogP) is 3.75. The summed E-state index contributed by atoms with van der Waals surface area (Å²) in [6, 6.07) is 12.3. The Morgan fingerprint density at radius 2 is 1.96 bits per heavy atom. The van der Waals surface area contributed by atoms with Gasteiger partial charge in [0, 0.05) is 30.1 Å². The van der Waals surface area contributed by atoms with Gasteiger partial charge in [0.15, 0.2) is 16.6 Å². The number of anilines is 2. The maximum absolute atomic E-state index is 12.2. The van der Waals surface area contributed by atoms with Gasteiger partial charge in [0.05, 0.1) is 0 Å². The van der Waals surface area contributed by atoms with E-state index >= 15 is 0 Å². The number of carbonyl (C=O) groups is 1. The van der Waals surface area contributed by atoms with Gasteiger partial charge in [-0.1, -0.05) is 36.4 Å². The molecule has 7 heteroatoms. The normalized spacial score (nSPS) is 16.9. The summed E-state index contributed by atoms with van der Waals surface area (Å²) in [6.45, 7) is 1.83. The Bertz CT molecular complexity index is 1020. The number of aromatic nitrogens is 3. The van der Waals surface area contributed by atoms with Crippen molar-refractivity contribution in [3.8, 4) is 0 Å². The number of hydrogen-bond acceptors (Lipinski definition) is 6. The van der Waals surface area contributed by atoms with Crippen molar-refractivity contribution >= 4 is 34.3 Å². The molecule has 1 N–H and O–H groups in total. The molecule has 1 saturated heterocycles. The summed E-state index contributed by atoms with van der Waals surface area (Å²) in [7, 11) is 0. The summed E-state index contributed by atoms with van der Waals surface area (Å²) >= 11 is 1.37. The van der Waals surface area contributed by atoms with E-state index in [2.05, 4.69) is 61.8 Å². The molecule has 3 heterocycles. The van der Waals surface area contributed by atoms with Gasteiger partial charge in [-0.05, 0) is 36.1 Å². The highest BCUT2D eigenvalue weighted by Gasteiger charge is 2.38. The lowest BCUT2D eigenvalue weighted by molar-refractivity contribution is 0.102. The van der Waals surface area contributed by atoms with E-state index in [9.17, 15) is 4.79 Å². The molecular formula is C21H19N5OS. The fourth-order valence-electron chi connectivity index (χ4n) is 4.07. The monoisotopic (exact) mass is 389 g/mol. The van der Waals surface area contributed by atoms with E-state index in [1.54, 1.807) is 12.3 Å². The second-order valence-electron chi connectivity index (χ2n) is 7.13. The number of nitrogens with one attached hydrogen (secondary N) is 1. The van der Waals surface area contributed by atoms with E-state index in [1.165, 1.54) is 22.5 Å². The largest absolute Gasteiger partial charge is 0.355 e. The van der Waals surface area contributed by atoms with Gasteiger partial charge in [0.2, 0.25) is 0 Å². The van der Waals surface area contributed by atoms with E-state index in [0.29, 0.717) is 10.8 Å². The van der Waals surface area contributed by atoms with Crippen molar-refractivity contribution in [1.82, 2.24) is 15.2 Å². The molecular weight excluding hydrogens is 370 g/mol. The molecule has 6 nitrogen and oxygen atoms in total. The zero-order chi connectivity index (χ0) is 19.0. The third-order valence-corrected chi connectivity index (χ3v) is 6.28. The lowest BCUT2D eigenvalue weighted by Crippen LogP contribution is -2.41. The van der Waals surface area contributed by atoms with Crippen LogP contribution in [0.5, 0.6) is 0 Å². The number of nitrogens with zero attached hydrogens (tertiary/aromatic N) is 4. The van der Waals surface area contributed by atoms with Gasteiger partial charge >= 0.3 is 0 Å². The van der Waals surface area contributed by atoms with E-state index in [-0.39, 0.29) is 11.3 Å². The Labute approximate surface area is 167 Å². The molecule has 140 valence electrons. The molecule has 1 fully saturated rings. The van der Waals surface area contributed by atoms with Crippen LogP contribution in [0, 0.1) is 0 Å². The van der Waals surface area contributed by atoms with E-state index < -0.39 is 0 Å². The van der Waals surface area contributed by atoms with Crippen molar-refractivity contribution in [2.45, 2.75) is 18.3 Å². The molecule has 0 atom stereocenters. The molecule has 0 radical (unpaired) electrons. The Morgan fingerprint density at radius 3 is 2.71 bits per heavy atom. The number of amides is 1. The first kappa shape index (κ1) is 17.1. The maximum Gasteiger partial charge on any atom is 0.277 e. The smallest absolute Gasteiger partial charge is 0.277 e. The molecule has 2 aliphatic rings. The predicted molar refractivity (Wildman–Crippen MR) is 111 cm³/mol. The number of benzene rings is 1. The van der Waals surface area contributed by atoms with Crippen LogP contribution in [0.15, 0.2) is 54.1 Å². The van der Waals surface area contributed by atoms with E-state index in [4.69, 9.17) is 0 Å². The molecule has 1 aliphatic heterocycles. The number of rotatable bonds is 3. The van der Waals surface area contributed by atoms with Crippen LogP contribution >= 0.6 is 11.3 Å². The fourth-order valence-corrected chi connectivity index (χ4v) is 4.59. The zero-order valence-electron chi connectivity index (χ0n) is 15.2. The number of allylic oxidation sites excluding steroid dienone is 1. The van der Waals surface area contributed by atoms with Crippen molar-refractivity contribution in [1.29, 1.82) is 0 Å². The first-order valence-electron chi connectivity index (χ1n) is 9.32. The molecule has 5 rings (SSSR count). The van der Waals surface area contributed by atoms with Crippen molar-refractivity contribution in [2.75, 3.05) is 23.3 Å². The van der Waals surface area contributed by atoms with Gasteiger partial charge in [-0.15, -0.1) is 21.5 Å². The fraction of sp³-hybridized carbons (Fsp3) is 0.238. The van der Waals surface area contributed by atoms with Crippen LogP contribution < -0.4 is 10.2 Å². The zero-order valence-corrected chi connectivity index (χ0v) is 16.0. The third-order valence-electron chi connectivity index (χ3n) is 5.59. The average molecular weight is 389 g/mol. The maximum atomic E-state index is 12.2. The minimum absolute atomic E-state index is 0.147. The van der Waals surface area contributed by atoms with Gasteiger partial charge in [0.25, 0.3) is 5.91 Å². The summed E-state index contributed by atoms with van der Waals surface area (Å²) in [5.41, 5.74) is 3.22. The highest BCUT2D eigenvalue weighted by molar-refractivity contribution is 7.13. The van der Waals surface area contributed by atoms with E-state index in [1.807, 2.05) is 11.4 Å². The van der Waals surface area contributed by atoms with Crippen molar-refractivity contribution < 1.29 is 4.79 Å². The minimum Gasteiger partial charge on any atom is -0.355 e. The molecule has 3 aromatic rings. The highest BCUT2D eigenvalue weighted by Crippen LogP contribution is 2.44. The molecule has 0 saturated carbocycles. The van der Waals surface area contributed by atoms with Gasteiger partial charge in [0.1, 0.15) is 0 Å². The third kappa shape index (κ3) is 2.97. The molecule has 1 amide bonds. The number of thiazole rings is 1. The van der Waals surface area contributed by atoms with Gasteiger partial charge < -0.3 is 4.90 Å². The van der Waals surface area contributed by atoms with Crippen molar-refractivity contribution in [2.24, 2.45) is 0 Å². The standard InChI is InChI=1S/C21H19N5OS/c27-19(23-20-22-11-14-28-20)17-5-6-18(25-24-17)26-12-9-21(10-13-26)8-7-15-3-1-2-4-16(15)21/h1-8,11,14H,9-10,12-13H2,(H,22,23,27). The number of hydrogen-bond donors (Lipinski definition) is 1. The van der Waals surface area contributed by atoms with Crippen LogP contribution in [0.25, 0.3) is 6.08 Å². The van der Waals surface area contributed by atoms with Crippen molar-refractivity contribution in [3.05, 3.63) is 70.9 Å². The molecule has 1 spiro atoms. The Kier molecular flexibility index (Phi) is 4.16. The Balaban J connectivity index is 1.26. The van der Waals surface area contributed by atoms with E-state index in [0.717, 1.165) is 31.7 Å². The summed E-state index contributed by atoms with van der Waals surface area (Å²) in [6.07, 6.45) is 8.37. The summed E-state index contributed by atoms with van der Waals surface area (Å²) < 4.78 is 0. The molecule has 1 aromatic carbocycles. The number of piperidine rings is 1. The van der Waals surface area contributed by atoms with Crippen LogP contribution in [0.4, 0.5) is 10.9 Å². The first-order chi connectivity index (χ1) is 13.7. The summed E-state index contributed by atoms with van der Waals surface area (Å²) in [4.78, 5) is 18.5. The second kappa shape index (κ2) is 6.83. The quantitative estimate of drug-likeness (QED) is 0.739. The van der Waals surface area contributed by atoms with Crippen molar-refractivity contribution in [3.63, 3.8) is 0 Å². The lowest BCUT2D eigenvalue weighted by Gasteiger charge is -2.39. The topological polar surface area (TPSA) is 71.0 Å². The number of fused-ring (bicyclic) bond motifs is 2. The SMILES string of the molecule is O=C(Nc1nccs1)c1ccc(N2CCC3(C=Cc4ccccc43)CC2)nn1. The summed E-state index contributed by atoms with van der Waals surface area (Å²) in [5.74, 6) is 0.523. The average Bonchev–Trinajstić information content (AvgIpc) is 3.38. The van der Waals surface area contributed by atoms with Gasteiger partial charge in [-0.2, -0.15) is 0 Å². The van der Waals surface area contributed by atoms with Gasteiger partial charge in [-0.3, -0.25) is 10.1 Å². The molecule has 0 unspecified atom stereocenters. The molecule has 2 aromatic heterocycles. The second-order valence-corrected chi connectivity index (χ2v) is 8.03. The first-order valence-corrected chi connectivity index (χ1v) is 10.2. The summed E-state index contributed by atoms with van der Waals surface area (Å²) in [5, 5.41) is 13.5. The van der Waals surface area contributed by atoms with Crippen LogP contribution in [0.2, 0.25) is 0 Å². The van der Waals surface area contributed by atoms with Crippen LogP contribution in [0.3, 0.4) is 0 Å². The minimum atomic E-state index is -0.292. The highest BCUT2D eigenvalue weighted by atomic mass is 32.1. The lowest BCUT2D eigenvalue weighted by atomic mass is 9.74. The molecule has 0 bridgehead atoms.